The highest BCUT2D eigenvalue weighted by Crippen LogP contribution is 2.38. The molecule has 0 radical (unpaired) electrons. The number of hydrogen-bond acceptors (Lipinski definition) is 8. The van der Waals surface area contributed by atoms with Gasteiger partial charge in [0, 0.05) is 17.4 Å². The van der Waals surface area contributed by atoms with E-state index in [0.717, 1.165) is 41.7 Å². The van der Waals surface area contributed by atoms with E-state index in [1.54, 1.807) is 13.2 Å². The van der Waals surface area contributed by atoms with Crippen molar-refractivity contribution in [3.63, 3.8) is 0 Å². The van der Waals surface area contributed by atoms with E-state index in [9.17, 15) is 9.59 Å². The molecule has 4 rings (SSSR count). The summed E-state index contributed by atoms with van der Waals surface area (Å²) >= 11 is 1.45. The highest BCUT2D eigenvalue weighted by atomic mass is 32.1. The van der Waals surface area contributed by atoms with E-state index in [-0.39, 0.29) is 18.4 Å². The number of anilines is 1. The maximum absolute atomic E-state index is 12.8. The molecule has 0 bridgehead atoms. The van der Waals surface area contributed by atoms with Gasteiger partial charge in [-0.05, 0) is 43.4 Å². The first-order valence-electron chi connectivity index (χ1n) is 9.61. The van der Waals surface area contributed by atoms with Gasteiger partial charge in [-0.2, -0.15) is 4.98 Å². The molecule has 156 valence electrons. The van der Waals surface area contributed by atoms with Crippen LogP contribution in [0.2, 0.25) is 0 Å². The van der Waals surface area contributed by atoms with Gasteiger partial charge in [-0.25, -0.2) is 4.79 Å². The van der Waals surface area contributed by atoms with Crippen LogP contribution in [0, 0.1) is 0 Å². The van der Waals surface area contributed by atoms with Crippen molar-refractivity contribution in [3.05, 3.63) is 46.2 Å². The van der Waals surface area contributed by atoms with Crippen LogP contribution in [0.4, 0.5) is 5.00 Å². The topological polar surface area (TPSA) is 104 Å². The SMILES string of the molecule is COc1cccc(-c2noc(COC(=O)c3c(NC(C)=O)sc4c3CCCC4)n2)c1. The van der Waals surface area contributed by atoms with Crippen LogP contribution < -0.4 is 10.1 Å². The largest absolute Gasteiger partial charge is 0.497 e. The third kappa shape index (κ3) is 4.20. The molecular weight excluding hydrogens is 406 g/mol. The number of thiophene rings is 1. The number of carbonyl (C=O) groups is 2. The number of carbonyl (C=O) groups excluding carboxylic acids is 2. The van der Waals surface area contributed by atoms with Crippen molar-refractivity contribution in [2.75, 3.05) is 12.4 Å². The maximum atomic E-state index is 12.8. The molecule has 0 fully saturated rings. The Morgan fingerprint density at radius 1 is 1.27 bits per heavy atom. The van der Waals surface area contributed by atoms with Gasteiger partial charge in [0.25, 0.3) is 5.89 Å². The molecule has 1 aromatic carbocycles. The van der Waals surface area contributed by atoms with Crippen LogP contribution in [0.15, 0.2) is 28.8 Å². The van der Waals surface area contributed by atoms with Crippen LogP contribution in [0.1, 0.15) is 46.5 Å². The molecule has 2 heterocycles. The summed E-state index contributed by atoms with van der Waals surface area (Å²) in [4.78, 5) is 29.8. The van der Waals surface area contributed by atoms with Crippen molar-refractivity contribution >= 4 is 28.2 Å². The molecule has 2 aromatic heterocycles. The first kappa shape index (κ1) is 20.1. The number of benzene rings is 1. The number of hydrogen-bond donors (Lipinski definition) is 1. The lowest BCUT2D eigenvalue weighted by Gasteiger charge is -2.12. The monoisotopic (exact) mass is 427 g/mol. The Morgan fingerprint density at radius 2 is 2.10 bits per heavy atom. The molecule has 1 amide bonds. The van der Waals surface area contributed by atoms with Gasteiger partial charge in [0.1, 0.15) is 10.8 Å². The summed E-state index contributed by atoms with van der Waals surface area (Å²) < 4.78 is 15.9. The Labute approximate surface area is 177 Å². The molecule has 1 N–H and O–H groups in total. The number of rotatable bonds is 6. The van der Waals surface area contributed by atoms with E-state index in [0.29, 0.717) is 22.1 Å². The van der Waals surface area contributed by atoms with E-state index in [4.69, 9.17) is 14.0 Å². The Hall–Kier alpha value is -3.20. The van der Waals surface area contributed by atoms with Gasteiger partial charge in [0.15, 0.2) is 6.61 Å². The minimum absolute atomic E-state index is 0.153. The first-order valence-corrected chi connectivity index (χ1v) is 10.4. The van der Waals surface area contributed by atoms with Crippen molar-refractivity contribution in [2.45, 2.75) is 39.2 Å². The number of amides is 1. The van der Waals surface area contributed by atoms with E-state index in [1.165, 1.54) is 18.3 Å². The van der Waals surface area contributed by atoms with Crippen molar-refractivity contribution in [2.24, 2.45) is 0 Å². The van der Waals surface area contributed by atoms with Gasteiger partial charge < -0.3 is 19.3 Å². The van der Waals surface area contributed by atoms with Crippen LogP contribution in [0.5, 0.6) is 5.75 Å². The zero-order valence-corrected chi connectivity index (χ0v) is 17.5. The molecule has 3 aromatic rings. The molecule has 0 unspecified atom stereocenters. The summed E-state index contributed by atoms with van der Waals surface area (Å²) in [5.41, 5.74) is 2.15. The van der Waals surface area contributed by atoms with Gasteiger partial charge in [-0.3, -0.25) is 4.79 Å². The van der Waals surface area contributed by atoms with Crippen molar-refractivity contribution < 1.29 is 23.6 Å². The smallest absolute Gasteiger partial charge is 0.341 e. The molecule has 0 saturated carbocycles. The van der Waals surface area contributed by atoms with Crippen LogP contribution in [-0.4, -0.2) is 29.1 Å². The van der Waals surface area contributed by atoms with Gasteiger partial charge in [0.05, 0.1) is 12.7 Å². The molecule has 30 heavy (non-hydrogen) atoms. The van der Waals surface area contributed by atoms with Crippen molar-refractivity contribution in [3.8, 4) is 17.1 Å². The Morgan fingerprint density at radius 3 is 2.90 bits per heavy atom. The third-order valence-electron chi connectivity index (χ3n) is 4.79. The first-order chi connectivity index (χ1) is 14.5. The number of methoxy groups -OCH3 is 1. The minimum Gasteiger partial charge on any atom is -0.497 e. The second-order valence-corrected chi connectivity index (χ2v) is 8.02. The molecular formula is C21H21N3O5S. The van der Waals surface area contributed by atoms with E-state index < -0.39 is 5.97 Å². The van der Waals surface area contributed by atoms with Gasteiger partial charge in [-0.1, -0.05) is 17.3 Å². The Balaban J connectivity index is 1.50. The van der Waals surface area contributed by atoms with Crippen molar-refractivity contribution in [1.29, 1.82) is 0 Å². The predicted octanol–water partition coefficient (Wildman–Crippen LogP) is 4.00. The van der Waals surface area contributed by atoms with Crippen LogP contribution in [-0.2, 0) is 29.0 Å². The quantitative estimate of drug-likeness (QED) is 0.593. The molecule has 0 atom stereocenters. The summed E-state index contributed by atoms with van der Waals surface area (Å²) in [6.45, 7) is 1.27. The molecule has 1 aliphatic rings. The number of fused-ring (bicyclic) bond motifs is 1. The number of nitrogens with one attached hydrogen (secondary N) is 1. The Kier molecular flexibility index (Phi) is 5.80. The van der Waals surface area contributed by atoms with E-state index in [1.807, 2.05) is 18.2 Å². The maximum Gasteiger partial charge on any atom is 0.341 e. The highest BCUT2D eigenvalue weighted by Gasteiger charge is 2.27. The van der Waals surface area contributed by atoms with Crippen LogP contribution in [0.25, 0.3) is 11.4 Å². The zero-order valence-electron chi connectivity index (χ0n) is 16.7. The van der Waals surface area contributed by atoms with E-state index >= 15 is 0 Å². The van der Waals surface area contributed by atoms with Gasteiger partial charge in [-0.15, -0.1) is 11.3 Å². The van der Waals surface area contributed by atoms with Crippen LogP contribution >= 0.6 is 11.3 Å². The van der Waals surface area contributed by atoms with E-state index in [2.05, 4.69) is 15.5 Å². The lowest BCUT2D eigenvalue weighted by atomic mass is 9.95. The zero-order chi connectivity index (χ0) is 21.1. The average molecular weight is 427 g/mol. The number of aryl methyl sites for hydroxylation is 1. The molecule has 0 aliphatic heterocycles. The Bertz CT molecular complexity index is 1090. The van der Waals surface area contributed by atoms with Gasteiger partial charge >= 0.3 is 5.97 Å². The molecule has 0 saturated heterocycles. The fourth-order valence-corrected chi connectivity index (χ4v) is 4.75. The molecule has 1 aliphatic carbocycles. The molecule has 8 nitrogen and oxygen atoms in total. The van der Waals surface area contributed by atoms with Gasteiger partial charge in [0.2, 0.25) is 11.7 Å². The fraction of sp³-hybridized carbons (Fsp3) is 0.333. The summed E-state index contributed by atoms with van der Waals surface area (Å²) in [5, 5.41) is 7.25. The lowest BCUT2D eigenvalue weighted by Crippen LogP contribution is -2.13. The second-order valence-electron chi connectivity index (χ2n) is 6.92. The number of ether oxygens (including phenoxy) is 2. The molecule has 0 spiro atoms. The number of nitrogens with zero attached hydrogens (tertiary/aromatic N) is 2. The summed E-state index contributed by atoms with van der Waals surface area (Å²) in [6, 6.07) is 7.27. The molecule has 9 heteroatoms. The number of aromatic nitrogens is 2. The standard InChI is InChI=1S/C21H21N3O5S/c1-12(25)22-20-18(15-8-3-4-9-16(15)30-20)21(26)28-11-17-23-19(24-29-17)13-6-5-7-14(10-13)27-2/h5-7,10H,3-4,8-9,11H2,1-2H3,(H,22,25). The fourth-order valence-electron chi connectivity index (χ4n) is 3.42. The van der Waals surface area contributed by atoms with Crippen molar-refractivity contribution in [1.82, 2.24) is 10.1 Å². The average Bonchev–Trinajstić information content (AvgIpc) is 3.36. The number of esters is 1. The normalized spacial score (nSPS) is 12.9. The highest BCUT2D eigenvalue weighted by molar-refractivity contribution is 7.17. The summed E-state index contributed by atoms with van der Waals surface area (Å²) in [7, 11) is 1.58. The predicted molar refractivity (Wildman–Crippen MR) is 111 cm³/mol. The minimum atomic E-state index is -0.501. The summed E-state index contributed by atoms with van der Waals surface area (Å²) in [5.74, 6) is 0.526. The van der Waals surface area contributed by atoms with Crippen LogP contribution in [0.3, 0.4) is 0 Å². The summed E-state index contributed by atoms with van der Waals surface area (Å²) in [6.07, 6.45) is 3.80. The lowest BCUT2D eigenvalue weighted by molar-refractivity contribution is -0.114. The second kappa shape index (κ2) is 8.66. The third-order valence-corrected chi connectivity index (χ3v) is 5.99.